The van der Waals surface area contributed by atoms with Crippen molar-refractivity contribution in [3.05, 3.63) is 24.0 Å². The number of anilines is 1. The minimum atomic E-state index is -0.881. The molecule has 2 heterocycles. The zero-order valence-electron chi connectivity index (χ0n) is 9.74. The lowest BCUT2D eigenvalue weighted by Gasteiger charge is -2.34. The fourth-order valence-corrected chi connectivity index (χ4v) is 1.99. The van der Waals surface area contributed by atoms with Crippen LogP contribution in [-0.2, 0) is 9.53 Å². The van der Waals surface area contributed by atoms with Crippen LogP contribution in [0.15, 0.2) is 18.3 Å². The summed E-state index contributed by atoms with van der Waals surface area (Å²) in [4.78, 5) is 16.6. The Bertz CT molecular complexity index is 484. The van der Waals surface area contributed by atoms with Crippen LogP contribution in [0.5, 0.6) is 0 Å². The average molecular weight is 247 g/mol. The number of nitrogens with zero attached hydrogens (tertiary/aromatic N) is 3. The molecule has 0 aliphatic carbocycles. The van der Waals surface area contributed by atoms with Crippen molar-refractivity contribution >= 4 is 11.7 Å². The van der Waals surface area contributed by atoms with Gasteiger partial charge in [-0.2, -0.15) is 5.26 Å². The number of carboxylic acids is 1. The Hall–Kier alpha value is -2.13. The molecule has 6 heteroatoms. The van der Waals surface area contributed by atoms with Crippen molar-refractivity contribution in [1.29, 1.82) is 5.26 Å². The summed E-state index contributed by atoms with van der Waals surface area (Å²) in [5, 5.41) is 17.8. The lowest BCUT2D eigenvalue weighted by molar-refractivity contribution is -0.140. The van der Waals surface area contributed by atoms with Gasteiger partial charge in [0.2, 0.25) is 0 Å². The standard InChI is InChI=1S/C12H13N3O3/c13-7-10-11(2-1-3-14-10)15-4-5-18-9(8-15)6-12(16)17/h1-3,9H,4-6,8H2,(H,16,17). The summed E-state index contributed by atoms with van der Waals surface area (Å²) < 4.78 is 5.39. The summed E-state index contributed by atoms with van der Waals surface area (Å²) in [5.41, 5.74) is 1.09. The maximum absolute atomic E-state index is 10.7. The lowest BCUT2D eigenvalue weighted by Crippen LogP contribution is -2.43. The fraction of sp³-hybridized carbons (Fsp3) is 0.417. The predicted octanol–water partition coefficient (Wildman–Crippen LogP) is 0.633. The van der Waals surface area contributed by atoms with Crippen LogP contribution in [0.2, 0.25) is 0 Å². The third-order valence-corrected chi connectivity index (χ3v) is 2.77. The van der Waals surface area contributed by atoms with Gasteiger partial charge in [0.15, 0.2) is 5.69 Å². The zero-order chi connectivity index (χ0) is 13.0. The lowest BCUT2D eigenvalue weighted by atomic mass is 10.2. The van der Waals surface area contributed by atoms with Crippen molar-refractivity contribution in [2.75, 3.05) is 24.6 Å². The van der Waals surface area contributed by atoms with Gasteiger partial charge >= 0.3 is 5.97 Å². The SMILES string of the molecule is N#Cc1ncccc1N1CCOC(CC(=O)O)C1. The Morgan fingerprint density at radius 3 is 3.28 bits per heavy atom. The largest absolute Gasteiger partial charge is 0.481 e. The molecule has 1 aromatic rings. The summed E-state index contributed by atoms with van der Waals surface area (Å²) in [5.74, 6) is -0.881. The molecule has 0 bridgehead atoms. The molecule has 1 saturated heterocycles. The van der Waals surface area contributed by atoms with Crippen LogP contribution in [-0.4, -0.2) is 41.9 Å². The van der Waals surface area contributed by atoms with Crippen molar-refractivity contribution in [3.63, 3.8) is 0 Å². The van der Waals surface area contributed by atoms with Crippen LogP contribution in [0.3, 0.4) is 0 Å². The van der Waals surface area contributed by atoms with Gasteiger partial charge in [-0.25, -0.2) is 4.98 Å². The van der Waals surface area contributed by atoms with E-state index >= 15 is 0 Å². The van der Waals surface area contributed by atoms with E-state index in [1.807, 2.05) is 17.0 Å². The molecule has 1 fully saturated rings. The number of hydrogen-bond donors (Lipinski definition) is 1. The number of morpholine rings is 1. The number of carbonyl (C=O) groups is 1. The van der Waals surface area contributed by atoms with E-state index in [1.54, 1.807) is 12.3 Å². The van der Waals surface area contributed by atoms with Crippen molar-refractivity contribution in [1.82, 2.24) is 4.98 Å². The van der Waals surface area contributed by atoms with Gasteiger partial charge in [-0.3, -0.25) is 4.79 Å². The molecule has 0 aromatic carbocycles. The van der Waals surface area contributed by atoms with E-state index in [0.29, 0.717) is 25.4 Å². The highest BCUT2D eigenvalue weighted by atomic mass is 16.5. The monoisotopic (exact) mass is 247 g/mol. The van der Waals surface area contributed by atoms with Crippen LogP contribution in [0.1, 0.15) is 12.1 Å². The first-order valence-corrected chi connectivity index (χ1v) is 5.64. The first-order chi connectivity index (χ1) is 8.70. The summed E-state index contributed by atoms with van der Waals surface area (Å²) in [6.07, 6.45) is 1.19. The molecule has 1 unspecified atom stereocenters. The summed E-state index contributed by atoms with van der Waals surface area (Å²) >= 11 is 0. The normalized spacial score (nSPS) is 19.3. The molecular formula is C12H13N3O3. The predicted molar refractivity (Wildman–Crippen MR) is 63.2 cm³/mol. The molecule has 1 N–H and O–H groups in total. The summed E-state index contributed by atoms with van der Waals surface area (Å²) in [7, 11) is 0. The molecule has 6 nitrogen and oxygen atoms in total. The Labute approximate surface area is 104 Å². The summed E-state index contributed by atoms with van der Waals surface area (Å²) in [6, 6.07) is 5.61. The number of aliphatic carboxylic acids is 1. The highest BCUT2D eigenvalue weighted by Gasteiger charge is 2.24. The zero-order valence-corrected chi connectivity index (χ0v) is 9.74. The van der Waals surface area contributed by atoms with Crippen molar-refractivity contribution in [2.45, 2.75) is 12.5 Å². The van der Waals surface area contributed by atoms with Crippen molar-refractivity contribution in [2.24, 2.45) is 0 Å². The number of pyridine rings is 1. The van der Waals surface area contributed by atoms with Gasteiger partial charge in [0.05, 0.1) is 24.8 Å². The molecule has 0 saturated carbocycles. The Morgan fingerprint density at radius 2 is 2.56 bits per heavy atom. The quantitative estimate of drug-likeness (QED) is 0.843. The molecule has 0 spiro atoms. The maximum atomic E-state index is 10.7. The topological polar surface area (TPSA) is 86.5 Å². The average Bonchev–Trinajstić information content (AvgIpc) is 2.38. The molecule has 0 radical (unpaired) electrons. The van der Waals surface area contributed by atoms with Crippen molar-refractivity contribution < 1.29 is 14.6 Å². The van der Waals surface area contributed by atoms with Crippen LogP contribution < -0.4 is 4.90 Å². The van der Waals surface area contributed by atoms with E-state index in [-0.39, 0.29) is 12.5 Å². The van der Waals surface area contributed by atoms with E-state index < -0.39 is 5.97 Å². The van der Waals surface area contributed by atoms with Crippen LogP contribution in [0, 0.1) is 11.3 Å². The third kappa shape index (κ3) is 2.76. The van der Waals surface area contributed by atoms with Gasteiger partial charge in [0.1, 0.15) is 6.07 Å². The number of carboxylic acid groups (broad SMARTS) is 1. The van der Waals surface area contributed by atoms with E-state index in [1.165, 1.54) is 0 Å². The number of nitriles is 1. The number of hydrogen-bond acceptors (Lipinski definition) is 5. The van der Waals surface area contributed by atoms with Gasteiger partial charge in [0, 0.05) is 19.3 Å². The Kier molecular flexibility index (Phi) is 3.75. The first kappa shape index (κ1) is 12.3. The Balaban J connectivity index is 2.13. The molecule has 1 atom stereocenters. The molecule has 1 aromatic heterocycles. The van der Waals surface area contributed by atoms with E-state index in [4.69, 9.17) is 15.1 Å². The van der Waals surface area contributed by atoms with Gasteiger partial charge in [-0.1, -0.05) is 0 Å². The minimum absolute atomic E-state index is 0.0291. The Morgan fingerprint density at radius 1 is 1.72 bits per heavy atom. The van der Waals surface area contributed by atoms with E-state index in [2.05, 4.69) is 4.98 Å². The third-order valence-electron chi connectivity index (χ3n) is 2.77. The molecule has 18 heavy (non-hydrogen) atoms. The second kappa shape index (κ2) is 5.47. The minimum Gasteiger partial charge on any atom is -0.481 e. The number of rotatable bonds is 3. The summed E-state index contributed by atoms with van der Waals surface area (Å²) in [6.45, 7) is 1.56. The first-order valence-electron chi connectivity index (χ1n) is 5.64. The van der Waals surface area contributed by atoms with Crippen molar-refractivity contribution in [3.8, 4) is 6.07 Å². The van der Waals surface area contributed by atoms with Crippen LogP contribution in [0.25, 0.3) is 0 Å². The number of aromatic nitrogens is 1. The van der Waals surface area contributed by atoms with Crippen LogP contribution in [0.4, 0.5) is 5.69 Å². The van der Waals surface area contributed by atoms with Gasteiger partial charge in [-0.15, -0.1) is 0 Å². The molecule has 0 amide bonds. The second-order valence-electron chi connectivity index (χ2n) is 4.02. The van der Waals surface area contributed by atoms with E-state index in [0.717, 1.165) is 5.69 Å². The molecule has 1 aliphatic rings. The maximum Gasteiger partial charge on any atom is 0.306 e. The molecule has 94 valence electrons. The highest BCUT2D eigenvalue weighted by Crippen LogP contribution is 2.21. The van der Waals surface area contributed by atoms with Crippen LogP contribution >= 0.6 is 0 Å². The second-order valence-corrected chi connectivity index (χ2v) is 4.02. The van der Waals surface area contributed by atoms with Gasteiger partial charge < -0.3 is 14.7 Å². The molecule has 2 rings (SSSR count). The van der Waals surface area contributed by atoms with Gasteiger partial charge in [0.25, 0.3) is 0 Å². The number of ether oxygens (including phenoxy) is 1. The van der Waals surface area contributed by atoms with E-state index in [9.17, 15) is 4.79 Å². The van der Waals surface area contributed by atoms with Gasteiger partial charge in [-0.05, 0) is 12.1 Å². The smallest absolute Gasteiger partial charge is 0.306 e. The molecular weight excluding hydrogens is 234 g/mol. The highest BCUT2D eigenvalue weighted by molar-refractivity contribution is 5.67. The molecule has 1 aliphatic heterocycles. The fourth-order valence-electron chi connectivity index (χ4n) is 1.99.